The zero-order valence-electron chi connectivity index (χ0n) is 50.6. The Labute approximate surface area is 485 Å². The Kier molecular flexibility index (Phi) is 61.0. The Morgan fingerprint density at radius 1 is 0.253 bits per heavy atom. The fraction of sp³-hybridized carbons (Fsp3) is 0.575. The third-order valence-corrected chi connectivity index (χ3v) is 12.7. The van der Waals surface area contributed by atoms with E-state index < -0.39 is 6.10 Å². The molecule has 0 rings (SSSR count). The van der Waals surface area contributed by atoms with Crippen LogP contribution in [-0.2, 0) is 28.6 Å². The Hall–Kier alpha value is -5.23. The molecule has 0 bridgehead atoms. The predicted molar refractivity (Wildman–Crippen MR) is 343 cm³/mol. The minimum absolute atomic E-state index is 0.126. The number of carbonyl (C=O) groups is 3. The lowest BCUT2D eigenvalue weighted by molar-refractivity contribution is -0.167. The number of hydrogen-bond donors (Lipinski definition) is 0. The second-order valence-corrected chi connectivity index (χ2v) is 20.2. The van der Waals surface area contributed by atoms with Gasteiger partial charge in [0.05, 0.1) is 0 Å². The summed E-state index contributed by atoms with van der Waals surface area (Å²) in [5.74, 6) is -1.05. The van der Waals surface area contributed by atoms with Gasteiger partial charge in [-0.3, -0.25) is 14.4 Å². The van der Waals surface area contributed by atoms with Crippen molar-refractivity contribution in [3.05, 3.63) is 170 Å². The Morgan fingerprint density at radius 3 is 0.759 bits per heavy atom. The van der Waals surface area contributed by atoms with Gasteiger partial charge in [0, 0.05) is 19.3 Å². The summed E-state index contributed by atoms with van der Waals surface area (Å²) >= 11 is 0. The van der Waals surface area contributed by atoms with Gasteiger partial charge in [-0.25, -0.2) is 0 Å². The second-order valence-electron chi connectivity index (χ2n) is 20.2. The first-order chi connectivity index (χ1) is 39.0. The predicted octanol–water partition coefficient (Wildman–Crippen LogP) is 21.9. The van der Waals surface area contributed by atoms with Crippen LogP contribution in [0.15, 0.2) is 170 Å². The Morgan fingerprint density at radius 2 is 0.468 bits per heavy atom. The van der Waals surface area contributed by atoms with Gasteiger partial charge in [-0.1, -0.05) is 268 Å². The average Bonchev–Trinajstić information content (AvgIpc) is 3.45. The molecular weight excluding hydrogens is 973 g/mol. The molecule has 0 amide bonds. The molecule has 6 nitrogen and oxygen atoms in total. The van der Waals surface area contributed by atoms with Gasteiger partial charge in [-0.2, -0.15) is 0 Å². The Bertz CT molecular complexity index is 1820. The molecule has 79 heavy (non-hydrogen) atoms. The largest absolute Gasteiger partial charge is 0.462 e. The quantitative estimate of drug-likeness (QED) is 0.0261. The first-order valence-corrected chi connectivity index (χ1v) is 31.6. The average molecular weight is 1090 g/mol. The van der Waals surface area contributed by atoms with E-state index in [0.717, 1.165) is 122 Å². The molecule has 0 saturated heterocycles. The van der Waals surface area contributed by atoms with Gasteiger partial charge in [-0.15, -0.1) is 0 Å². The van der Waals surface area contributed by atoms with Crippen molar-refractivity contribution in [2.24, 2.45) is 0 Å². The molecule has 0 N–H and O–H groups in total. The SMILES string of the molecule is CC/C=C\C/C=C\C/C=C\C/C=C\C/C=C\CCCC(=O)OCC(COC(=O)CCCCCCCCCCCCCCCC/C=C\C/C=C\C/C=C\C/C=C\CC)OC(=O)CCC/C=C\C/C=C\C/C=C\C/C=C\C/C=C\CC. The molecule has 0 aromatic rings. The third kappa shape index (κ3) is 63.5. The van der Waals surface area contributed by atoms with E-state index in [1.54, 1.807) is 0 Å². The summed E-state index contributed by atoms with van der Waals surface area (Å²) < 4.78 is 16.8. The zero-order valence-corrected chi connectivity index (χ0v) is 50.6. The van der Waals surface area contributed by atoms with Crippen molar-refractivity contribution in [3.63, 3.8) is 0 Å². The minimum atomic E-state index is -0.841. The number of carbonyl (C=O) groups excluding carboxylic acids is 3. The van der Waals surface area contributed by atoms with Crippen LogP contribution in [0, 0.1) is 0 Å². The minimum Gasteiger partial charge on any atom is -0.462 e. The van der Waals surface area contributed by atoms with Crippen LogP contribution in [0.2, 0.25) is 0 Å². The molecule has 0 spiro atoms. The first-order valence-electron chi connectivity index (χ1n) is 31.6. The van der Waals surface area contributed by atoms with Gasteiger partial charge in [0.15, 0.2) is 6.10 Å². The van der Waals surface area contributed by atoms with Crippen molar-refractivity contribution in [2.75, 3.05) is 13.2 Å². The number of unbranched alkanes of at least 4 members (excludes halogenated alkanes) is 16. The summed E-state index contributed by atoms with van der Waals surface area (Å²) in [6.45, 7) is 6.20. The number of hydrogen-bond acceptors (Lipinski definition) is 6. The molecule has 0 aliphatic rings. The lowest BCUT2D eigenvalue weighted by Crippen LogP contribution is -2.30. The van der Waals surface area contributed by atoms with Gasteiger partial charge >= 0.3 is 17.9 Å². The van der Waals surface area contributed by atoms with E-state index in [1.165, 1.54) is 77.0 Å². The maximum Gasteiger partial charge on any atom is 0.306 e. The van der Waals surface area contributed by atoms with Crippen LogP contribution in [0.25, 0.3) is 0 Å². The number of esters is 3. The molecule has 0 fully saturated rings. The van der Waals surface area contributed by atoms with Crippen molar-refractivity contribution in [3.8, 4) is 0 Å². The zero-order chi connectivity index (χ0) is 57.1. The lowest BCUT2D eigenvalue weighted by atomic mass is 10.0. The van der Waals surface area contributed by atoms with Crippen molar-refractivity contribution in [1.82, 2.24) is 0 Å². The van der Waals surface area contributed by atoms with Crippen LogP contribution in [-0.4, -0.2) is 37.2 Å². The van der Waals surface area contributed by atoms with Crippen molar-refractivity contribution in [1.29, 1.82) is 0 Å². The standard InChI is InChI=1S/C73H114O6/c1-4-7-10-13-16-19-22-25-28-31-32-33-34-35-36-37-38-39-40-43-45-48-51-54-57-60-63-66-72(75)78-69-70(79-73(76)67-64-61-58-55-52-49-46-42-30-27-24-21-18-15-12-9-6-3)68-77-71(74)65-62-59-56-53-50-47-44-41-29-26-23-20-17-14-11-8-5-2/h7-12,16-21,25-30,32-33,44,46-47,49,53,55-56,58,70H,4-6,13-15,22-24,31,34-43,45,48,50-52,54,57,59-69H2,1-3H3/b10-7-,11-8-,12-9-,19-16-,20-17-,21-18-,28-25-,29-26-,30-27-,33-32-,47-44-,49-46-,56-53-,58-55-. The maximum absolute atomic E-state index is 12.9. The molecule has 0 aromatic carbocycles. The summed E-state index contributed by atoms with van der Waals surface area (Å²) in [7, 11) is 0. The van der Waals surface area contributed by atoms with Gasteiger partial charge < -0.3 is 14.2 Å². The molecule has 1 unspecified atom stereocenters. The molecule has 0 aliphatic heterocycles. The van der Waals surface area contributed by atoms with Crippen molar-refractivity contribution in [2.45, 2.75) is 258 Å². The second kappa shape index (κ2) is 65.3. The van der Waals surface area contributed by atoms with Crippen LogP contribution < -0.4 is 0 Å². The highest BCUT2D eigenvalue weighted by Crippen LogP contribution is 2.15. The van der Waals surface area contributed by atoms with E-state index >= 15 is 0 Å². The fourth-order valence-electron chi connectivity index (χ4n) is 8.09. The van der Waals surface area contributed by atoms with Gasteiger partial charge in [0.25, 0.3) is 0 Å². The molecule has 442 valence electrons. The van der Waals surface area contributed by atoms with Crippen LogP contribution in [0.3, 0.4) is 0 Å². The maximum atomic E-state index is 12.9. The summed E-state index contributed by atoms with van der Waals surface area (Å²) in [5.41, 5.74) is 0. The van der Waals surface area contributed by atoms with Crippen LogP contribution in [0.1, 0.15) is 252 Å². The molecule has 0 saturated carbocycles. The van der Waals surface area contributed by atoms with Gasteiger partial charge in [0.2, 0.25) is 0 Å². The normalized spacial score (nSPS) is 13.3. The van der Waals surface area contributed by atoms with E-state index in [4.69, 9.17) is 14.2 Å². The van der Waals surface area contributed by atoms with E-state index in [9.17, 15) is 14.4 Å². The topological polar surface area (TPSA) is 78.9 Å². The molecule has 0 aliphatic carbocycles. The summed E-state index contributed by atoms with van der Waals surface area (Å²) in [4.78, 5) is 38.3. The highest BCUT2D eigenvalue weighted by molar-refractivity contribution is 5.71. The summed E-state index contributed by atoms with van der Waals surface area (Å²) in [6.07, 6.45) is 96.6. The molecular formula is C73H114O6. The highest BCUT2D eigenvalue weighted by atomic mass is 16.6. The smallest absolute Gasteiger partial charge is 0.306 e. The van der Waals surface area contributed by atoms with Crippen molar-refractivity contribution < 1.29 is 28.6 Å². The van der Waals surface area contributed by atoms with Crippen molar-refractivity contribution >= 4 is 17.9 Å². The molecule has 0 heterocycles. The third-order valence-electron chi connectivity index (χ3n) is 12.7. The van der Waals surface area contributed by atoms with Crippen LogP contribution >= 0.6 is 0 Å². The van der Waals surface area contributed by atoms with Gasteiger partial charge in [-0.05, 0) is 135 Å². The molecule has 0 radical (unpaired) electrons. The Balaban J connectivity index is 4.46. The first kappa shape index (κ1) is 73.8. The number of ether oxygens (including phenoxy) is 3. The summed E-state index contributed by atoms with van der Waals surface area (Å²) in [6, 6.07) is 0. The van der Waals surface area contributed by atoms with E-state index in [2.05, 4.69) is 191 Å². The molecule has 0 aromatic heterocycles. The monoisotopic (exact) mass is 1090 g/mol. The molecule has 1 atom stereocenters. The number of allylic oxidation sites excluding steroid dienone is 28. The van der Waals surface area contributed by atoms with E-state index in [-0.39, 0.29) is 44.0 Å². The molecule has 6 heteroatoms. The highest BCUT2D eigenvalue weighted by Gasteiger charge is 2.19. The van der Waals surface area contributed by atoms with Crippen LogP contribution in [0.4, 0.5) is 0 Å². The number of rotatable bonds is 55. The summed E-state index contributed by atoms with van der Waals surface area (Å²) in [5, 5.41) is 0. The van der Waals surface area contributed by atoms with Crippen LogP contribution in [0.5, 0.6) is 0 Å². The van der Waals surface area contributed by atoms with E-state index in [1.807, 2.05) is 0 Å². The fourth-order valence-corrected chi connectivity index (χ4v) is 8.09. The van der Waals surface area contributed by atoms with E-state index in [0.29, 0.717) is 19.3 Å². The lowest BCUT2D eigenvalue weighted by Gasteiger charge is -2.18. The van der Waals surface area contributed by atoms with Gasteiger partial charge in [0.1, 0.15) is 13.2 Å².